The van der Waals surface area contributed by atoms with Gasteiger partial charge in [-0.2, -0.15) is 19.5 Å². The van der Waals surface area contributed by atoms with E-state index in [0.29, 0.717) is 47.0 Å². The van der Waals surface area contributed by atoms with Gasteiger partial charge >= 0.3 is 0 Å². The van der Waals surface area contributed by atoms with Crippen LogP contribution in [-0.2, 0) is 10.0 Å². The van der Waals surface area contributed by atoms with E-state index >= 15 is 0 Å². The van der Waals surface area contributed by atoms with Crippen LogP contribution in [0.1, 0.15) is 17.1 Å². The number of aryl methyl sites for hydroxylation is 3. The summed E-state index contributed by atoms with van der Waals surface area (Å²) in [6.07, 6.45) is 1.68. The number of rotatable bonds is 6. The van der Waals surface area contributed by atoms with E-state index in [4.69, 9.17) is 0 Å². The Morgan fingerprint density at radius 1 is 1.10 bits per heavy atom. The van der Waals surface area contributed by atoms with Gasteiger partial charge in [0.1, 0.15) is 10.7 Å². The van der Waals surface area contributed by atoms with Gasteiger partial charge in [-0.05, 0) is 38.7 Å². The Balaban J connectivity index is 1.23. The smallest absolute Gasteiger partial charge is 0.246 e. The third-order valence-corrected chi connectivity index (χ3v) is 7.83. The van der Waals surface area contributed by atoms with Crippen LogP contribution < -0.4 is 10.6 Å². The molecule has 11 nitrogen and oxygen atoms in total. The molecule has 0 aromatic carbocycles. The van der Waals surface area contributed by atoms with Crippen LogP contribution in [0.4, 0.5) is 17.6 Å². The summed E-state index contributed by atoms with van der Waals surface area (Å²) < 4.78 is 27.5. The number of nitrogens with one attached hydrogen (secondary N) is 4. The van der Waals surface area contributed by atoms with Gasteiger partial charge in [0.25, 0.3) is 0 Å². The molecule has 158 valence electrons. The van der Waals surface area contributed by atoms with E-state index in [1.54, 1.807) is 30.4 Å². The summed E-state index contributed by atoms with van der Waals surface area (Å²) in [6.45, 7) is 6.34. The van der Waals surface area contributed by atoms with Crippen LogP contribution in [-0.4, -0.2) is 62.2 Å². The molecule has 3 aromatic heterocycles. The van der Waals surface area contributed by atoms with Crippen LogP contribution in [0.2, 0.25) is 0 Å². The maximum Gasteiger partial charge on any atom is 0.246 e. The summed E-state index contributed by atoms with van der Waals surface area (Å²) in [7, 11) is -3.53. The number of nitrogens with zero attached hydrogens (tertiary/aromatic N) is 5. The first-order chi connectivity index (χ1) is 14.3. The van der Waals surface area contributed by atoms with E-state index in [1.807, 2.05) is 13.0 Å². The fraction of sp³-hybridized carbons (Fsp3) is 0.444. The Bertz CT molecular complexity index is 1170. The molecule has 3 aromatic rings. The number of aromatic amines is 2. The molecular weight excluding hydrogens is 406 g/mol. The molecule has 12 heteroatoms. The van der Waals surface area contributed by atoms with Crippen LogP contribution in [0, 0.1) is 32.6 Å². The van der Waals surface area contributed by atoms with Crippen molar-refractivity contribution in [1.82, 2.24) is 34.7 Å². The minimum absolute atomic E-state index is 0.172. The molecule has 1 saturated carbocycles. The van der Waals surface area contributed by atoms with E-state index in [1.165, 1.54) is 0 Å². The van der Waals surface area contributed by atoms with E-state index in [2.05, 4.69) is 41.0 Å². The van der Waals surface area contributed by atoms with Gasteiger partial charge in [-0.1, -0.05) is 0 Å². The first kappa shape index (κ1) is 19.0. The van der Waals surface area contributed by atoms with Gasteiger partial charge in [-0.25, -0.2) is 13.4 Å². The lowest BCUT2D eigenvalue weighted by Gasteiger charge is -2.20. The molecule has 4 N–H and O–H groups in total. The Labute approximate surface area is 173 Å². The predicted molar refractivity (Wildman–Crippen MR) is 110 cm³/mol. The summed E-state index contributed by atoms with van der Waals surface area (Å²) >= 11 is 0. The molecule has 0 spiro atoms. The Kier molecular flexibility index (Phi) is 4.29. The van der Waals surface area contributed by atoms with Crippen molar-refractivity contribution in [1.29, 1.82) is 0 Å². The van der Waals surface area contributed by atoms with Crippen molar-refractivity contribution in [3.05, 3.63) is 35.4 Å². The van der Waals surface area contributed by atoms with Crippen LogP contribution in [0.5, 0.6) is 0 Å². The number of sulfonamides is 1. The van der Waals surface area contributed by atoms with Gasteiger partial charge in [0, 0.05) is 37.1 Å². The largest absolute Gasteiger partial charge is 0.351 e. The molecule has 5 rings (SSSR count). The lowest BCUT2D eigenvalue weighted by atomic mass is 10.4. The number of hydrogen-bond acceptors (Lipinski definition) is 8. The van der Waals surface area contributed by atoms with E-state index < -0.39 is 10.0 Å². The number of H-pyrrole nitrogens is 2. The fourth-order valence-corrected chi connectivity index (χ4v) is 6.05. The second kappa shape index (κ2) is 6.77. The number of piperidine rings is 1. The van der Waals surface area contributed by atoms with Crippen molar-refractivity contribution < 1.29 is 8.42 Å². The lowest BCUT2D eigenvalue weighted by molar-refractivity contribution is 0.435. The fourth-order valence-electron chi connectivity index (χ4n) is 4.21. The molecular formula is C18H23N9O2S. The molecule has 0 amide bonds. The molecule has 4 heterocycles. The standard InChI is InChI=1S/C18H23N9O2S/c1-9-6-15(26-23-9)20-14-4-5-19-18(21-14)22-16-12-7-27(8-13(12)16)30(28,29)17-10(2)24-25-11(17)3/h4-6,12-13,16H,7-8H2,1-3H3,(H,24,25)(H3,19,20,21,22,23,26)/t12-,13+,16?. The van der Waals surface area contributed by atoms with Crippen LogP contribution in [0.25, 0.3) is 0 Å². The normalized spacial score (nSPS) is 23.4. The lowest BCUT2D eigenvalue weighted by Crippen LogP contribution is -2.34. The van der Waals surface area contributed by atoms with Crippen molar-refractivity contribution in [3.8, 4) is 0 Å². The van der Waals surface area contributed by atoms with Gasteiger partial charge in [-0.15, -0.1) is 0 Å². The Hall–Kier alpha value is -2.99. The highest BCUT2D eigenvalue weighted by Crippen LogP contribution is 2.48. The molecule has 2 aliphatic rings. The Morgan fingerprint density at radius 3 is 2.50 bits per heavy atom. The second-order valence-electron chi connectivity index (χ2n) is 7.91. The summed E-state index contributed by atoms with van der Waals surface area (Å²) in [5.41, 5.74) is 2.04. The van der Waals surface area contributed by atoms with Gasteiger partial charge in [0.15, 0.2) is 5.82 Å². The average molecular weight is 430 g/mol. The summed E-state index contributed by atoms with van der Waals surface area (Å²) in [5.74, 6) is 2.34. The minimum Gasteiger partial charge on any atom is -0.351 e. The van der Waals surface area contributed by atoms with Crippen LogP contribution >= 0.6 is 0 Å². The maximum atomic E-state index is 13.0. The first-order valence-electron chi connectivity index (χ1n) is 9.73. The first-order valence-corrected chi connectivity index (χ1v) is 11.2. The third kappa shape index (κ3) is 3.21. The Morgan fingerprint density at radius 2 is 1.87 bits per heavy atom. The van der Waals surface area contributed by atoms with Crippen molar-refractivity contribution in [3.63, 3.8) is 0 Å². The number of aromatic nitrogens is 6. The molecule has 1 aliphatic carbocycles. The predicted octanol–water partition coefficient (Wildman–Crippen LogP) is 1.32. The molecule has 1 saturated heterocycles. The molecule has 3 atom stereocenters. The minimum atomic E-state index is -3.53. The van der Waals surface area contributed by atoms with Gasteiger partial charge in [0.2, 0.25) is 16.0 Å². The zero-order chi connectivity index (χ0) is 21.0. The van der Waals surface area contributed by atoms with Gasteiger partial charge < -0.3 is 10.6 Å². The zero-order valence-corrected chi connectivity index (χ0v) is 17.7. The van der Waals surface area contributed by atoms with Crippen molar-refractivity contribution in [2.75, 3.05) is 23.7 Å². The van der Waals surface area contributed by atoms with E-state index in [9.17, 15) is 8.42 Å². The van der Waals surface area contributed by atoms with E-state index in [-0.39, 0.29) is 17.9 Å². The van der Waals surface area contributed by atoms with Crippen molar-refractivity contribution in [2.45, 2.75) is 31.7 Å². The second-order valence-corrected chi connectivity index (χ2v) is 9.78. The molecule has 2 fully saturated rings. The summed E-state index contributed by atoms with van der Waals surface area (Å²) in [6, 6.07) is 3.83. The molecule has 30 heavy (non-hydrogen) atoms. The summed E-state index contributed by atoms with van der Waals surface area (Å²) in [5, 5.41) is 20.3. The molecule has 1 unspecified atom stereocenters. The third-order valence-electron chi connectivity index (χ3n) is 5.73. The highest BCUT2D eigenvalue weighted by molar-refractivity contribution is 7.89. The SMILES string of the molecule is Cc1cc(Nc2ccnc(NC3[C@H]4CN(S(=O)(=O)c5c(C)n[nH]c5C)C[C@@H]34)n2)n[nH]1. The number of hydrogen-bond donors (Lipinski definition) is 4. The molecule has 0 bridgehead atoms. The zero-order valence-electron chi connectivity index (χ0n) is 16.8. The van der Waals surface area contributed by atoms with Gasteiger partial charge in [-0.3, -0.25) is 10.2 Å². The number of fused-ring (bicyclic) bond motifs is 1. The molecule has 1 aliphatic heterocycles. The highest BCUT2D eigenvalue weighted by Gasteiger charge is 2.58. The van der Waals surface area contributed by atoms with Crippen molar-refractivity contribution >= 4 is 27.6 Å². The van der Waals surface area contributed by atoms with Crippen LogP contribution in [0.15, 0.2) is 23.2 Å². The average Bonchev–Trinajstić information content (AvgIpc) is 3.10. The van der Waals surface area contributed by atoms with Crippen LogP contribution in [0.3, 0.4) is 0 Å². The van der Waals surface area contributed by atoms with Gasteiger partial charge in [0.05, 0.1) is 11.4 Å². The summed E-state index contributed by atoms with van der Waals surface area (Å²) in [4.78, 5) is 9.07. The number of anilines is 3. The monoisotopic (exact) mass is 429 g/mol. The quantitative estimate of drug-likeness (QED) is 0.459. The van der Waals surface area contributed by atoms with E-state index in [0.717, 1.165) is 5.69 Å². The molecule has 0 radical (unpaired) electrons. The van der Waals surface area contributed by atoms with Crippen molar-refractivity contribution in [2.24, 2.45) is 11.8 Å². The highest BCUT2D eigenvalue weighted by atomic mass is 32.2. The topological polar surface area (TPSA) is 145 Å². The maximum absolute atomic E-state index is 13.0.